The van der Waals surface area contributed by atoms with Crippen LogP contribution in [0.1, 0.15) is 54.6 Å². The van der Waals surface area contributed by atoms with Gasteiger partial charge in [-0.05, 0) is 62.4 Å². The van der Waals surface area contributed by atoms with Crippen LogP contribution in [0.4, 0.5) is 5.69 Å². The minimum Gasteiger partial charge on any atom is -0.339 e. The minimum absolute atomic E-state index is 0.0419. The Bertz CT molecular complexity index is 873. The number of amides is 2. The number of nitrogens with zero attached hydrogens (tertiary/aromatic N) is 2. The fraction of sp³-hybridized carbons (Fsp3) is 0.462. The van der Waals surface area contributed by atoms with Gasteiger partial charge in [0, 0.05) is 30.4 Å². The van der Waals surface area contributed by atoms with Crippen LogP contribution >= 0.6 is 0 Å². The van der Waals surface area contributed by atoms with Gasteiger partial charge >= 0.3 is 0 Å². The van der Waals surface area contributed by atoms with Crippen molar-refractivity contribution in [3.63, 3.8) is 0 Å². The number of nitrogens with one attached hydrogen (secondary N) is 1. The minimum atomic E-state index is 0.0419. The summed E-state index contributed by atoms with van der Waals surface area (Å²) >= 11 is 0. The molecular formula is C26H35N3O2. The van der Waals surface area contributed by atoms with Crippen molar-refractivity contribution in [1.82, 2.24) is 9.80 Å². The average Bonchev–Trinajstić information content (AvgIpc) is 2.80. The summed E-state index contributed by atoms with van der Waals surface area (Å²) in [6.07, 6.45) is 3.69. The lowest BCUT2D eigenvalue weighted by Crippen LogP contribution is -2.49. The first-order chi connectivity index (χ1) is 15.0. The number of para-hydroxylation sites is 1. The molecule has 0 aromatic heterocycles. The Balaban J connectivity index is 1.59. The third kappa shape index (κ3) is 5.95. The molecule has 0 saturated carbocycles. The zero-order valence-corrected chi connectivity index (χ0v) is 19.1. The van der Waals surface area contributed by atoms with Gasteiger partial charge in [-0.1, -0.05) is 50.2 Å². The van der Waals surface area contributed by atoms with Crippen LogP contribution in [0.25, 0.3) is 0 Å². The molecule has 1 saturated heterocycles. The molecule has 1 aliphatic heterocycles. The number of carbonyl (C=O) groups is 2. The van der Waals surface area contributed by atoms with Gasteiger partial charge in [0.15, 0.2) is 0 Å². The standard InChI is InChI=1S/C26H35N3O2/c1-4-16-29(19-24(30)27-25-20(3)10-9-13-21(25)5-2)23-14-17-28(18-15-23)26(31)22-11-7-6-8-12-22/h6-13,23H,4-5,14-19H2,1-3H3,(H,27,30). The fourth-order valence-electron chi connectivity index (χ4n) is 4.44. The van der Waals surface area contributed by atoms with Gasteiger partial charge in [-0.3, -0.25) is 14.5 Å². The van der Waals surface area contributed by atoms with Gasteiger partial charge in [-0.2, -0.15) is 0 Å². The van der Waals surface area contributed by atoms with Gasteiger partial charge in [0.2, 0.25) is 5.91 Å². The zero-order valence-electron chi connectivity index (χ0n) is 19.1. The third-order valence-electron chi connectivity index (χ3n) is 6.15. The Morgan fingerprint density at radius 1 is 1.03 bits per heavy atom. The second-order valence-corrected chi connectivity index (χ2v) is 8.37. The molecule has 1 fully saturated rings. The van der Waals surface area contributed by atoms with E-state index < -0.39 is 0 Å². The first-order valence-electron chi connectivity index (χ1n) is 11.5. The van der Waals surface area contributed by atoms with Crippen molar-refractivity contribution >= 4 is 17.5 Å². The monoisotopic (exact) mass is 421 g/mol. The summed E-state index contributed by atoms with van der Waals surface area (Å²) in [5.41, 5.74) is 3.97. The molecule has 5 heteroatoms. The van der Waals surface area contributed by atoms with E-state index in [1.54, 1.807) is 0 Å². The second kappa shape index (κ2) is 11.1. The van der Waals surface area contributed by atoms with E-state index in [2.05, 4.69) is 30.1 Å². The smallest absolute Gasteiger partial charge is 0.253 e. The maximum Gasteiger partial charge on any atom is 0.253 e. The van der Waals surface area contributed by atoms with Crippen LogP contribution in [0, 0.1) is 6.92 Å². The molecule has 0 spiro atoms. The summed E-state index contributed by atoms with van der Waals surface area (Å²) in [6, 6.07) is 16.0. The summed E-state index contributed by atoms with van der Waals surface area (Å²) in [5, 5.41) is 3.16. The molecule has 0 unspecified atom stereocenters. The highest BCUT2D eigenvalue weighted by atomic mass is 16.2. The van der Waals surface area contributed by atoms with E-state index in [0.29, 0.717) is 12.6 Å². The molecule has 2 amide bonds. The molecule has 2 aromatic carbocycles. The zero-order chi connectivity index (χ0) is 22.2. The van der Waals surface area contributed by atoms with E-state index >= 15 is 0 Å². The van der Waals surface area contributed by atoms with Crippen molar-refractivity contribution in [2.45, 2.75) is 52.5 Å². The molecule has 1 aliphatic rings. The summed E-state index contributed by atoms with van der Waals surface area (Å²) < 4.78 is 0. The molecule has 1 heterocycles. The second-order valence-electron chi connectivity index (χ2n) is 8.37. The first kappa shape index (κ1) is 23.0. The Morgan fingerprint density at radius 2 is 1.74 bits per heavy atom. The van der Waals surface area contributed by atoms with E-state index in [1.807, 2.05) is 54.3 Å². The van der Waals surface area contributed by atoms with Crippen molar-refractivity contribution in [3.05, 3.63) is 65.2 Å². The predicted octanol–water partition coefficient (Wildman–Crippen LogP) is 4.51. The van der Waals surface area contributed by atoms with E-state index in [4.69, 9.17) is 0 Å². The molecular weight excluding hydrogens is 386 g/mol. The molecule has 1 N–H and O–H groups in total. The molecule has 3 rings (SSSR count). The number of benzene rings is 2. The van der Waals surface area contributed by atoms with Crippen LogP contribution in [0.5, 0.6) is 0 Å². The van der Waals surface area contributed by atoms with Crippen LogP contribution in [-0.2, 0) is 11.2 Å². The molecule has 2 aromatic rings. The Morgan fingerprint density at radius 3 is 2.39 bits per heavy atom. The largest absolute Gasteiger partial charge is 0.339 e. The molecule has 5 nitrogen and oxygen atoms in total. The number of rotatable bonds is 8. The topological polar surface area (TPSA) is 52.7 Å². The van der Waals surface area contributed by atoms with E-state index in [0.717, 1.165) is 62.1 Å². The maximum absolute atomic E-state index is 12.9. The quantitative estimate of drug-likeness (QED) is 0.682. The van der Waals surface area contributed by atoms with Crippen molar-refractivity contribution < 1.29 is 9.59 Å². The van der Waals surface area contributed by atoms with E-state index in [-0.39, 0.29) is 11.8 Å². The van der Waals surface area contributed by atoms with Crippen molar-refractivity contribution in [2.75, 3.05) is 31.5 Å². The predicted molar refractivity (Wildman–Crippen MR) is 126 cm³/mol. The first-order valence-corrected chi connectivity index (χ1v) is 11.5. The number of piperidine rings is 1. The number of aryl methyl sites for hydroxylation is 2. The van der Waals surface area contributed by atoms with Crippen LogP contribution < -0.4 is 5.32 Å². The molecule has 31 heavy (non-hydrogen) atoms. The lowest BCUT2D eigenvalue weighted by atomic mass is 10.0. The molecule has 0 radical (unpaired) electrons. The average molecular weight is 422 g/mol. The van der Waals surface area contributed by atoms with Gasteiger partial charge in [0.25, 0.3) is 5.91 Å². The van der Waals surface area contributed by atoms with Crippen LogP contribution in [0.15, 0.2) is 48.5 Å². The number of hydrogen-bond acceptors (Lipinski definition) is 3. The summed E-state index contributed by atoms with van der Waals surface area (Å²) in [7, 11) is 0. The molecule has 0 aliphatic carbocycles. The SMILES string of the molecule is CCCN(CC(=O)Nc1c(C)cccc1CC)C1CCN(C(=O)c2ccccc2)CC1. The molecule has 0 bridgehead atoms. The van der Waals surface area contributed by atoms with Gasteiger partial charge in [-0.25, -0.2) is 0 Å². The highest BCUT2D eigenvalue weighted by Gasteiger charge is 2.28. The van der Waals surface area contributed by atoms with Gasteiger partial charge in [0.1, 0.15) is 0 Å². The maximum atomic E-state index is 12.9. The van der Waals surface area contributed by atoms with Gasteiger partial charge in [-0.15, -0.1) is 0 Å². The lowest BCUT2D eigenvalue weighted by Gasteiger charge is -2.38. The lowest BCUT2D eigenvalue weighted by molar-refractivity contribution is -0.118. The van der Waals surface area contributed by atoms with E-state index in [1.165, 1.54) is 5.56 Å². The summed E-state index contributed by atoms with van der Waals surface area (Å²) in [5.74, 6) is 0.144. The number of anilines is 1. The van der Waals surface area contributed by atoms with Gasteiger partial charge in [0.05, 0.1) is 6.54 Å². The highest BCUT2D eigenvalue weighted by Crippen LogP contribution is 2.22. The summed E-state index contributed by atoms with van der Waals surface area (Å²) in [6.45, 7) is 9.05. The molecule has 0 atom stereocenters. The van der Waals surface area contributed by atoms with Crippen LogP contribution in [0.3, 0.4) is 0 Å². The number of likely N-dealkylation sites (tertiary alicyclic amines) is 1. The van der Waals surface area contributed by atoms with Crippen LogP contribution in [0.2, 0.25) is 0 Å². The van der Waals surface area contributed by atoms with E-state index in [9.17, 15) is 9.59 Å². The molecule has 166 valence electrons. The third-order valence-corrected chi connectivity index (χ3v) is 6.15. The number of hydrogen-bond donors (Lipinski definition) is 1. The van der Waals surface area contributed by atoms with Crippen molar-refractivity contribution in [2.24, 2.45) is 0 Å². The summed E-state index contributed by atoms with van der Waals surface area (Å²) in [4.78, 5) is 29.9. The Kier molecular flexibility index (Phi) is 8.24. The Hall–Kier alpha value is -2.66. The van der Waals surface area contributed by atoms with Gasteiger partial charge < -0.3 is 10.2 Å². The van der Waals surface area contributed by atoms with Crippen LogP contribution in [-0.4, -0.2) is 53.8 Å². The fourth-order valence-corrected chi connectivity index (χ4v) is 4.44. The Labute approximate surface area is 186 Å². The normalized spacial score (nSPS) is 14.6. The highest BCUT2D eigenvalue weighted by molar-refractivity contribution is 5.94. The number of carbonyl (C=O) groups excluding carboxylic acids is 2. The van der Waals surface area contributed by atoms with Crippen molar-refractivity contribution in [3.8, 4) is 0 Å². The van der Waals surface area contributed by atoms with Crippen molar-refractivity contribution in [1.29, 1.82) is 0 Å².